The van der Waals surface area contributed by atoms with Crippen molar-refractivity contribution in [2.45, 2.75) is 57.5 Å². The zero-order chi connectivity index (χ0) is 27.1. The maximum atomic E-state index is 11.9. The van der Waals surface area contributed by atoms with Gasteiger partial charge in [-0.25, -0.2) is 0 Å². The molecule has 0 amide bonds. The smallest absolute Gasteiger partial charge is 0.269 e. The lowest BCUT2D eigenvalue weighted by Crippen LogP contribution is -2.43. The van der Waals surface area contributed by atoms with Crippen LogP contribution in [0.5, 0.6) is 17.2 Å². The number of fused-ring (bicyclic) bond motifs is 3. The van der Waals surface area contributed by atoms with E-state index in [2.05, 4.69) is 6.92 Å². The maximum absolute atomic E-state index is 11.9. The molecule has 38 heavy (non-hydrogen) atoms. The van der Waals surface area contributed by atoms with Gasteiger partial charge in [-0.3, -0.25) is 10.1 Å². The number of hydrogen-bond donors (Lipinski definition) is 2. The first-order chi connectivity index (χ1) is 18.1. The molecule has 2 N–H and O–H groups in total. The molecule has 2 unspecified atom stereocenters. The molecular weight excluding hydrogens is 486 g/mol. The maximum Gasteiger partial charge on any atom is 0.269 e. The Hall–Kier alpha value is -3.88. The summed E-state index contributed by atoms with van der Waals surface area (Å²) in [6.45, 7) is 5.95. The molecule has 3 aromatic rings. The lowest BCUT2D eigenvalue weighted by molar-refractivity contribution is -0.384. The molecule has 0 bridgehead atoms. The highest BCUT2D eigenvalue weighted by Crippen LogP contribution is 2.50. The molecule has 2 heterocycles. The average molecular weight is 518 g/mol. The summed E-state index contributed by atoms with van der Waals surface area (Å²) in [5.41, 5.74) is 1.15. The predicted molar refractivity (Wildman–Crippen MR) is 142 cm³/mol. The number of ether oxygens (including phenoxy) is 3. The summed E-state index contributed by atoms with van der Waals surface area (Å²) >= 11 is 0. The minimum absolute atomic E-state index is 0.000770. The molecule has 0 aliphatic carbocycles. The number of benzene rings is 3. The van der Waals surface area contributed by atoms with Crippen molar-refractivity contribution in [3.63, 3.8) is 0 Å². The number of hydrogen-bond acceptors (Lipinski definition) is 7. The van der Waals surface area contributed by atoms with Crippen LogP contribution in [0.15, 0.2) is 60.7 Å². The van der Waals surface area contributed by atoms with Crippen LogP contribution in [-0.4, -0.2) is 27.3 Å². The Balaban J connectivity index is 1.48. The van der Waals surface area contributed by atoms with E-state index in [0.717, 1.165) is 29.5 Å². The van der Waals surface area contributed by atoms with Gasteiger partial charge in [0.25, 0.3) is 5.69 Å². The van der Waals surface area contributed by atoms with E-state index in [1.165, 1.54) is 12.1 Å². The lowest BCUT2D eigenvalue weighted by atomic mass is 9.81. The Morgan fingerprint density at radius 3 is 2.55 bits per heavy atom. The molecule has 3 aromatic carbocycles. The van der Waals surface area contributed by atoms with Crippen molar-refractivity contribution in [2.75, 3.05) is 6.61 Å². The molecule has 198 valence electrons. The van der Waals surface area contributed by atoms with Gasteiger partial charge in [-0.15, -0.1) is 0 Å². The molecule has 2 aliphatic rings. The van der Waals surface area contributed by atoms with Gasteiger partial charge in [0.05, 0.1) is 10.5 Å². The summed E-state index contributed by atoms with van der Waals surface area (Å²) in [6.07, 6.45) is 4.33. The SMILES string of the molecule is CCCc1ccc(C2(O)COc3c(ccc4c3C=CC(C)(C)O4)C2O)c(OCc2ccc([N+](=O)[O-])cc2)c1. The quantitative estimate of drug-likeness (QED) is 0.309. The Labute approximate surface area is 221 Å². The second-order valence-electron chi connectivity index (χ2n) is 10.3. The highest BCUT2D eigenvalue weighted by atomic mass is 16.6. The molecule has 0 radical (unpaired) electrons. The van der Waals surface area contributed by atoms with Crippen LogP contribution < -0.4 is 14.2 Å². The summed E-state index contributed by atoms with van der Waals surface area (Å²) in [7, 11) is 0. The summed E-state index contributed by atoms with van der Waals surface area (Å²) in [5.74, 6) is 1.57. The van der Waals surface area contributed by atoms with Gasteiger partial charge in [-0.05, 0) is 73.9 Å². The van der Waals surface area contributed by atoms with Crippen molar-refractivity contribution in [1.29, 1.82) is 0 Å². The van der Waals surface area contributed by atoms with Crippen LogP contribution in [0.4, 0.5) is 5.69 Å². The average Bonchev–Trinajstić information content (AvgIpc) is 2.89. The van der Waals surface area contributed by atoms with Crippen molar-refractivity contribution in [3.8, 4) is 17.2 Å². The number of aliphatic hydroxyl groups excluding tert-OH is 1. The second-order valence-corrected chi connectivity index (χ2v) is 10.3. The lowest BCUT2D eigenvalue weighted by Gasteiger charge is -2.40. The van der Waals surface area contributed by atoms with E-state index < -0.39 is 22.2 Å². The first-order valence-corrected chi connectivity index (χ1v) is 12.7. The third-order valence-corrected chi connectivity index (χ3v) is 6.99. The third-order valence-electron chi connectivity index (χ3n) is 6.99. The number of non-ortho nitro benzene ring substituents is 1. The largest absolute Gasteiger partial charge is 0.489 e. The minimum Gasteiger partial charge on any atom is -0.489 e. The zero-order valence-corrected chi connectivity index (χ0v) is 21.6. The van der Waals surface area contributed by atoms with Crippen LogP contribution in [0.2, 0.25) is 0 Å². The van der Waals surface area contributed by atoms with Gasteiger partial charge in [0.1, 0.15) is 42.2 Å². The molecular formula is C30H31NO7. The highest BCUT2D eigenvalue weighted by molar-refractivity contribution is 5.70. The predicted octanol–water partition coefficient (Wildman–Crippen LogP) is 5.62. The standard InChI is InChI=1S/C30H31NO7/c1-4-5-19-8-12-24(26(16-19)36-17-20-6-9-21(10-7-20)31(34)35)30(33)18-37-27-22-14-15-29(2,3)38-25(22)13-11-23(27)28(30)32/h6-16,28,32-33H,4-5,17-18H2,1-3H3. The Bertz CT molecular complexity index is 1400. The molecule has 0 saturated heterocycles. The fraction of sp³-hybridized carbons (Fsp3) is 0.333. The van der Waals surface area contributed by atoms with Gasteiger partial charge < -0.3 is 24.4 Å². The second kappa shape index (κ2) is 9.78. The van der Waals surface area contributed by atoms with Crippen LogP contribution in [0.25, 0.3) is 6.08 Å². The molecule has 2 atom stereocenters. The molecule has 8 nitrogen and oxygen atoms in total. The van der Waals surface area contributed by atoms with Crippen molar-refractivity contribution >= 4 is 11.8 Å². The van der Waals surface area contributed by atoms with Crippen molar-refractivity contribution in [1.82, 2.24) is 0 Å². The van der Waals surface area contributed by atoms with Crippen molar-refractivity contribution in [3.05, 3.63) is 98.6 Å². The van der Waals surface area contributed by atoms with E-state index in [-0.39, 0.29) is 18.9 Å². The summed E-state index contributed by atoms with van der Waals surface area (Å²) in [4.78, 5) is 10.5. The van der Waals surface area contributed by atoms with E-state index in [1.54, 1.807) is 30.3 Å². The zero-order valence-electron chi connectivity index (χ0n) is 21.6. The molecule has 0 fully saturated rings. The number of aliphatic hydroxyl groups is 2. The van der Waals surface area contributed by atoms with Gasteiger partial charge in [-0.1, -0.05) is 25.5 Å². The van der Waals surface area contributed by atoms with Crippen LogP contribution in [0, 0.1) is 10.1 Å². The Kier molecular flexibility index (Phi) is 6.63. The number of aryl methyl sites for hydroxylation is 1. The van der Waals surface area contributed by atoms with Crippen molar-refractivity contribution < 1.29 is 29.3 Å². The summed E-state index contributed by atoms with van der Waals surface area (Å²) in [6, 6.07) is 15.2. The molecule has 8 heteroatoms. The van der Waals surface area contributed by atoms with Crippen LogP contribution in [-0.2, 0) is 18.6 Å². The first-order valence-electron chi connectivity index (χ1n) is 12.7. The van der Waals surface area contributed by atoms with E-state index in [4.69, 9.17) is 14.2 Å². The van der Waals surface area contributed by atoms with E-state index in [9.17, 15) is 20.3 Å². The number of rotatable bonds is 7. The summed E-state index contributed by atoms with van der Waals surface area (Å²) < 4.78 is 18.3. The van der Waals surface area contributed by atoms with Gasteiger partial charge in [0.15, 0.2) is 5.60 Å². The topological polar surface area (TPSA) is 111 Å². The third kappa shape index (κ3) is 4.73. The van der Waals surface area contributed by atoms with E-state index in [1.807, 2.05) is 38.1 Å². The van der Waals surface area contributed by atoms with Crippen LogP contribution in [0.3, 0.4) is 0 Å². The molecule has 2 aliphatic heterocycles. The summed E-state index contributed by atoms with van der Waals surface area (Å²) in [5, 5.41) is 34.3. The highest BCUT2D eigenvalue weighted by Gasteiger charge is 2.47. The number of nitro benzene ring substituents is 1. The molecule has 0 aromatic heterocycles. The molecule has 0 spiro atoms. The van der Waals surface area contributed by atoms with Crippen LogP contribution in [0.1, 0.15) is 61.1 Å². The fourth-order valence-electron chi connectivity index (χ4n) is 4.93. The number of nitrogens with zero attached hydrogens (tertiary/aromatic N) is 1. The van der Waals surface area contributed by atoms with E-state index in [0.29, 0.717) is 28.4 Å². The van der Waals surface area contributed by atoms with Gasteiger partial charge in [0.2, 0.25) is 0 Å². The molecule has 0 saturated carbocycles. The van der Waals surface area contributed by atoms with E-state index >= 15 is 0 Å². The number of nitro groups is 1. The van der Waals surface area contributed by atoms with Gasteiger partial charge in [-0.2, -0.15) is 0 Å². The van der Waals surface area contributed by atoms with Crippen LogP contribution >= 0.6 is 0 Å². The monoisotopic (exact) mass is 517 g/mol. The Morgan fingerprint density at radius 2 is 1.84 bits per heavy atom. The normalized spacial score (nSPS) is 21.0. The van der Waals surface area contributed by atoms with Gasteiger partial charge >= 0.3 is 0 Å². The first kappa shape index (κ1) is 25.8. The fourth-order valence-corrected chi connectivity index (χ4v) is 4.93. The minimum atomic E-state index is -1.77. The van der Waals surface area contributed by atoms with Crippen molar-refractivity contribution in [2.24, 2.45) is 0 Å². The molecule has 5 rings (SSSR count). The Morgan fingerprint density at radius 1 is 1.11 bits per heavy atom. The van der Waals surface area contributed by atoms with Gasteiger partial charge in [0, 0.05) is 23.3 Å².